The summed E-state index contributed by atoms with van der Waals surface area (Å²) in [5.41, 5.74) is 1.71. The van der Waals surface area contributed by atoms with Crippen molar-refractivity contribution in [2.24, 2.45) is 5.41 Å². The molecule has 1 aliphatic heterocycles. The first-order chi connectivity index (χ1) is 7.67. The van der Waals surface area contributed by atoms with Crippen LogP contribution in [0.2, 0.25) is 0 Å². The molecule has 2 rings (SSSR count). The van der Waals surface area contributed by atoms with Crippen LogP contribution in [0.4, 0.5) is 0 Å². The Bertz CT molecular complexity index is 372. The van der Waals surface area contributed by atoms with Gasteiger partial charge in [0.2, 0.25) is 0 Å². The Balaban J connectivity index is 2.15. The molecule has 1 saturated heterocycles. The summed E-state index contributed by atoms with van der Waals surface area (Å²) < 4.78 is 10.5. The Labute approximate surface area is 96.8 Å². The van der Waals surface area contributed by atoms with E-state index in [1.807, 2.05) is 6.07 Å². The van der Waals surface area contributed by atoms with Gasteiger partial charge in [0.25, 0.3) is 0 Å². The molecule has 16 heavy (non-hydrogen) atoms. The SMILES string of the molecule is COc1ccc(CC2(C)CNC2)cc1OC. The molecule has 3 heteroatoms. The van der Waals surface area contributed by atoms with Crippen LogP contribution in [0, 0.1) is 5.41 Å². The summed E-state index contributed by atoms with van der Waals surface area (Å²) >= 11 is 0. The van der Waals surface area contributed by atoms with Gasteiger partial charge in [-0.2, -0.15) is 0 Å². The third kappa shape index (κ3) is 2.14. The molecule has 1 fully saturated rings. The molecule has 0 spiro atoms. The summed E-state index contributed by atoms with van der Waals surface area (Å²) in [7, 11) is 3.34. The maximum Gasteiger partial charge on any atom is 0.160 e. The van der Waals surface area contributed by atoms with Crippen LogP contribution in [0.5, 0.6) is 11.5 Å². The fourth-order valence-corrected chi connectivity index (χ4v) is 2.16. The van der Waals surface area contributed by atoms with Crippen molar-refractivity contribution in [3.05, 3.63) is 23.8 Å². The van der Waals surface area contributed by atoms with Gasteiger partial charge in [-0.1, -0.05) is 13.0 Å². The summed E-state index contributed by atoms with van der Waals surface area (Å²) in [4.78, 5) is 0. The predicted molar refractivity (Wildman–Crippen MR) is 64.2 cm³/mol. The van der Waals surface area contributed by atoms with Crippen molar-refractivity contribution in [2.45, 2.75) is 13.3 Å². The minimum absolute atomic E-state index is 0.402. The summed E-state index contributed by atoms with van der Waals surface area (Å²) in [6.45, 7) is 4.50. The maximum atomic E-state index is 5.30. The molecule has 0 atom stereocenters. The highest BCUT2D eigenvalue weighted by Crippen LogP contribution is 2.32. The Morgan fingerprint density at radius 3 is 2.38 bits per heavy atom. The zero-order valence-electron chi connectivity index (χ0n) is 10.2. The van der Waals surface area contributed by atoms with Gasteiger partial charge in [-0.05, 0) is 29.5 Å². The monoisotopic (exact) mass is 221 g/mol. The number of hydrogen-bond acceptors (Lipinski definition) is 3. The van der Waals surface area contributed by atoms with Crippen LogP contribution >= 0.6 is 0 Å². The number of rotatable bonds is 4. The van der Waals surface area contributed by atoms with E-state index in [9.17, 15) is 0 Å². The molecule has 1 aromatic rings. The van der Waals surface area contributed by atoms with Crippen molar-refractivity contribution >= 4 is 0 Å². The molecule has 1 aliphatic rings. The number of ether oxygens (including phenoxy) is 2. The van der Waals surface area contributed by atoms with Crippen molar-refractivity contribution < 1.29 is 9.47 Å². The zero-order chi connectivity index (χ0) is 11.6. The van der Waals surface area contributed by atoms with E-state index < -0.39 is 0 Å². The van der Waals surface area contributed by atoms with Crippen LogP contribution in [0.1, 0.15) is 12.5 Å². The zero-order valence-corrected chi connectivity index (χ0v) is 10.2. The third-order valence-corrected chi connectivity index (χ3v) is 3.18. The van der Waals surface area contributed by atoms with Crippen LogP contribution < -0.4 is 14.8 Å². The van der Waals surface area contributed by atoms with E-state index in [1.165, 1.54) is 5.56 Å². The van der Waals surface area contributed by atoms with Gasteiger partial charge >= 0.3 is 0 Å². The number of hydrogen-bond donors (Lipinski definition) is 1. The molecule has 0 bridgehead atoms. The lowest BCUT2D eigenvalue weighted by atomic mass is 9.78. The Morgan fingerprint density at radius 2 is 1.88 bits per heavy atom. The summed E-state index contributed by atoms with van der Waals surface area (Å²) in [6, 6.07) is 6.16. The summed E-state index contributed by atoms with van der Waals surface area (Å²) in [5.74, 6) is 1.61. The van der Waals surface area contributed by atoms with E-state index in [0.717, 1.165) is 31.0 Å². The predicted octanol–water partition coefficient (Wildman–Crippen LogP) is 1.86. The Hall–Kier alpha value is -1.22. The van der Waals surface area contributed by atoms with E-state index in [4.69, 9.17) is 9.47 Å². The first-order valence-electron chi connectivity index (χ1n) is 5.58. The largest absolute Gasteiger partial charge is 0.493 e. The molecule has 1 N–H and O–H groups in total. The average molecular weight is 221 g/mol. The second-order valence-electron chi connectivity index (χ2n) is 4.78. The molecule has 88 valence electrons. The van der Waals surface area contributed by atoms with Crippen molar-refractivity contribution in [1.29, 1.82) is 0 Å². The Kier molecular flexibility index (Phi) is 3.06. The molecule has 0 aromatic heterocycles. The van der Waals surface area contributed by atoms with Crippen LogP contribution in [0.15, 0.2) is 18.2 Å². The van der Waals surface area contributed by atoms with Crippen LogP contribution in [0.3, 0.4) is 0 Å². The van der Waals surface area contributed by atoms with Crippen LogP contribution in [-0.4, -0.2) is 27.3 Å². The van der Waals surface area contributed by atoms with Gasteiger partial charge in [-0.3, -0.25) is 0 Å². The van der Waals surface area contributed by atoms with E-state index in [0.29, 0.717) is 5.41 Å². The highest BCUT2D eigenvalue weighted by atomic mass is 16.5. The molecule has 0 radical (unpaired) electrons. The van der Waals surface area contributed by atoms with Gasteiger partial charge in [0.05, 0.1) is 14.2 Å². The molecular weight excluding hydrogens is 202 g/mol. The van der Waals surface area contributed by atoms with E-state index >= 15 is 0 Å². The lowest BCUT2D eigenvalue weighted by Gasteiger charge is -2.39. The molecule has 1 heterocycles. The molecular formula is C13H19NO2. The highest BCUT2D eigenvalue weighted by molar-refractivity contribution is 5.43. The molecule has 0 saturated carbocycles. The number of nitrogens with one attached hydrogen (secondary N) is 1. The minimum Gasteiger partial charge on any atom is -0.493 e. The lowest BCUT2D eigenvalue weighted by molar-refractivity contribution is 0.195. The fourth-order valence-electron chi connectivity index (χ4n) is 2.16. The smallest absolute Gasteiger partial charge is 0.160 e. The number of methoxy groups -OCH3 is 2. The molecule has 0 amide bonds. The normalized spacial score (nSPS) is 17.7. The van der Waals surface area contributed by atoms with Gasteiger partial charge in [-0.15, -0.1) is 0 Å². The fraction of sp³-hybridized carbons (Fsp3) is 0.538. The van der Waals surface area contributed by atoms with Crippen molar-refractivity contribution in [3.63, 3.8) is 0 Å². The Morgan fingerprint density at radius 1 is 1.19 bits per heavy atom. The maximum absolute atomic E-state index is 5.30. The van der Waals surface area contributed by atoms with Crippen LogP contribution in [-0.2, 0) is 6.42 Å². The average Bonchev–Trinajstić information content (AvgIpc) is 2.26. The first kappa shape index (κ1) is 11.3. The van der Waals surface area contributed by atoms with Gasteiger partial charge in [0.15, 0.2) is 11.5 Å². The summed E-state index contributed by atoms with van der Waals surface area (Å²) in [6.07, 6.45) is 1.08. The first-order valence-corrected chi connectivity index (χ1v) is 5.58. The lowest BCUT2D eigenvalue weighted by Crippen LogP contribution is -2.52. The minimum atomic E-state index is 0.402. The topological polar surface area (TPSA) is 30.5 Å². The van der Waals surface area contributed by atoms with Crippen molar-refractivity contribution in [1.82, 2.24) is 5.32 Å². The van der Waals surface area contributed by atoms with Gasteiger partial charge in [-0.25, -0.2) is 0 Å². The molecule has 0 aliphatic carbocycles. The van der Waals surface area contributed by atoms with Crippen LogP contribution in [0.25, 0.3) is 0 Å². The molecule has 1 aromatic carbocycles. The second-order valence-corrected chi connectivity index (χ2v) is 4.78. The van der Waals surface area contributed by atoms with Crippen molar-refractivity contribution in [3.8, 4) is 11.5 Å². The molecule has 0 unspecified atom stereocenters. The quantitative estimate of drug-likeness (QED) is 0.841. The van der Waals surface area contributed by atoms with Gasteiger partial charge in [0.1, 0.15) is 0 Å². The second kappa shape index (κ2) is 4.34. The van der Waals surface area contributed by atoms with Gasteiger partial charge in [0, 0.05) is 13.1 Å². The summed E-state index contributed by atoms with van der Waals surface area (Å²) in [5, 5.41) is 3.32. The van der Waals surface area contributed by atoms with E-state index in [-0.39, 0.29) is 0 Å². The number of benzene rings is 1. The van der Waals surface area contributed by atoms with E-state index in [1.54, 1.807) is 14.2 Å². The highest BCUT2D eigenvalue weighted by Gasteiger charge is 2.31. The third-order valence-electron chi connectivity index (χ3n) is 3.18. The molecule has 3 nitrogen and oxygen atoms in total. The standard InChI is InChI=1S/C13H19NO2/c1-13(8-14-9-13)7-10-4-5-11(15-2)12(6-10)16-3/h4-6,14H,7-9H2,1-3H3. The van der Waals surface area contributed by atoms with E-state index in [2.05, 4.69) is 24.4 Å². The van der Waals surface area contributed by atoms with Crippen molar-refractivity contribution in [2.75, 3.05) is 27.3 Å². The van der Waals surface area contributed by atoms with Gasteiger partial charge < -0.3 is 14.8 Å².